The van der Waals surface area contributed by atoms with Crippen LogP contribution in [0.3, 0.4) is 0 Å². The minimum absolute atomic E-state index is 0.308. The molecule has 0 aliphatic carbocycles. The third-order valence-corrected chi connectivity index (χ3v) is 3.65. The summed E-state index contributed by atoms with van der Waals surface area (Å²) >= 11 is 2.30. The Morgan fingerprint density at radius 1 is 0.833 bits per heavy atom. The predicted molar refractivity (Wildman–Crippen MR) is 83.8 cm³/mol. The Morgan fingerprint density at radius 2 is 1.67 bits per heavy atom. The summed E-state index contributed by atoms with van der Waals surface area (Å²) in [6, 6.07) is 20.0. The summed E-state index contributed by atoms with van der Waals surface area (Å²) in [7, 11) is 0. The van der Waals surface area contributed by atoms with E-state index < -0.39 is 0 Å². The monoisotopic (exact) mass is 346 g/mol. The van der Waals surface area contributed by atoms with Crippen LogP contribution in [0.2, 0.25) is 0 Å². The largest absolute Gasteiger partial charge is 0.508 e. The first-order valence-corrected chi connectivity index (χ1v) is 6.79. The second kappa shape index (κ2) is 4.61. The normalized spacial score (nSPS) is 10.7. The van der Waals surface area contributed by atoms with Crippen molar-refractivity contribution in [3.8, 4) is 16.9 Å². The summed E-state index contributed by atoms with van der Waals surface area (Å²) in [6.45, 7) is 0. The van der Waals surface area contributed by atoms with Crippen LogP contribution in [0.15, 0.2) is 60.7 Å². The van der Waals surface area contributed by atoms with E-state index in [0.29, 0.717) is 5.75 Å². The summed E-state index contributed by atoms with van der Waals surface area (Å²) in [5.41, 5.74) is 2.21. The minimum Gasteiger partial charge on any atom is -0.508 e. The van der Waals surface area contributed by atoms with Crippen molar-refractivity contribution in [3.63, 3.8) is 0 Å². The van der Waals surface area contributed by atoms with Crippen LogP contribution in [0.25, 0.3) is 21.9 Å². The van der Waals surface area contributed by atoms with Crippen LogP contribution in [0.1, 0.15) is 0 Å². The Labute approximate surface area is 119 Å². The third kappa shape index (κ3) is 2.08. The number of benzene rings is 3. The molecule has 0 amide bonds. The molecule has 1 N–H and O–H groups in total. The molecule has 3 aromatic rings. The van der Waals surface area contributed by atoms with Crippen molar-refractivity contribution in [3.05, 3.63) is 64.2 Å². The zero-order valence-electron chi connectivity index (χ0n) is 9.60. The summed E-state index contributed by atoms with van der Waals surface area (Å²) < 4.78 is 1.19. The van der Waals surface area contributed by atoms with Crippen LogP contribution < -0.4 is 0 Å². The topological polar surface area (TPSA) is 20.2 Å². The molecule has 0 fully saturated rings. The molecular weight excluding hydrogens is 335 g/mol. The molecule has 0 heterocycles. The highest BCUT2D eigenvalue weighted by Crippen LogP contribution is 2.33. The Balaban J connectivity index is 2.34. The molecule has 0 aromatic heterocycles. The molecule has 0 unspecified atom stereocenters. The lowest BCUT2D eigenvalue weighted by molar-refractivity contribution is 0.476. The molecule has 3 aromatic carbocycles. The zero-order chi connectivity index (χ0) is 12.5. The fourth-order valence-corrected chi connectivity index (χ4v) is 2.73. The molecule has 0 saturated heterocycles. The first-order chi connectivity index (χ1) is 8.74. The number of hydrogen-bond acceptors (Lipinski definition) is 1. The molecule has 0 spiro atoms. The number of phenols is 1. The van der Waals surface area contributed by atoms with Crippen LogP contribution in [-0.2, 0) is 0 Å². The van der Waals surface area contributed by atoms with E-state index in [4.69, 9.17) is 0 Å². The van der Waals surface area contributed by atoms with Gasteiger partial charge < -0.3 is 5.11 Å². The molecular formula is C16H11IO. The third-order valence-electron chi connectivity index (χ3n) is 2.98. The van der Waals surface area contributed by atoms with Gasteiger partial charge in [-0.25, -0.2) is 0 Å². The van der Waals surface area contributed by atoms with Gasteiger partial charge in [0.2, 0.25) is 0 Å². The van der Waals surface area contributed by atoms with E-state index >= 15 is 0 Å². The van der Waals surface area contributed by atoms with Crippen LogP contribution in [-0.4, -0.2) is 5.11 Å². The molecule has 0 aliphatic heterocycles. The molecule has 18 heavy (non-hydrogen) atoms. The second-order valence-electron chi connectivity index (χ2n) is 4.22. The van der Waals surface area contributed by atoms with Crippen molar-refractivity contribution in [2.24, 2.45) is 0 Å². The summed E-state index contributed by atoms with van der Waals surface area (Å²) in [5, 5.41) is 12.1. The van der Waals surface area contributed by atoms with Crippen molar-refractivity contribution >= 4 is 33.4 Å². The lowest BCUT2D eigenvalue weighted by Crippen LogP contribution is -1.82. The first kappa shape index (κ1) is 11.5. The average molecular weight is 346 g/mol. The van der Waals surface area contributed by atoms with Gasteiger partial charge in [0.1, 0.15) is 5.75 Å². The lowest BCUT2D eigenvalue weighted by Gasteiger charge is -2.08. The van der Waals surface area contributed by atoms with E-state index in [1.54, 1.807) is 6.07 Å². The van der Waals surface area contributed by atoms with E-state index in [0.717, 1.165) is 21.9 Å². The first-order valence-electron chi connectivity index (χ1n) is 5.72. The number of aromatic hydroxyl groups is 1. The maximum atomic E-state index is 9.84. The highest BCUT2D eigenvalue weighted by atomic mass is 127. The molecule has 1 nitrogen and oxygen atoms in total. The summed E-state index contributed by atoms with van der Waals surface area (Å²) in [6.07, 6.45) is 0. The Hall–Kier alpha value is -1.55. The molecule has 88 valence electrons. The quantitative estimate of drug-likeness (QED) is 0.627. The van der Waals surface area contributed by atoms with Gasteiger partial charge in [-0.15, -0.1) is 0 Å². The highest BCUT2D eigenvalue weighted by molar-refractivity contribution is 14.1. The number of rotatable bonds is 1. The number of phenolic OH excluding ortho intramolecular Hbond substituents is 1. The van der Waals surface area contributed by atoms with Gasteiger partial charge in [-0.1, -0.05) is 36.4 Å². The lowest BCUT2D eigenvalue weighted by atomic mass is 9.98. The van der Waals surface area contributed by atoms with E-state index in [9.17, 15) is 5.11 Å². The van der Waals surface area contributed by atoms with Gasteiger partial charge in [0.15, 0.2) is 0 Å². The molecule has 0 saturated carbocycles. The maximum Gasteiger partial charge on any atom is 0.116 e. The van der Waals surface area contributed by atoms with Gasteiger partial charge in [-0.3, -0.25) is 0 Å². The Bertz CT molecular complexity index is 719. The molecule has 0 aliphatic rings. The van der Waals surface area contributed by atoms with Crippen molar-refractivity contribution in [2.75, 3.05) is 0 Å². The molecule has 0 atom stereocenters. The molecule has 2 heteroatoms. The van der Waals surface area contributed by atoms with Crippen molar-refractivity contribution < 1.29 is 5.11 Å². The van der Waals surface area contributed by atoms with Crippen LogP contribution >= 0.6 is 22.6 Å². The predicted octanol–water partition coefficient (Wildman–Crippen LogP) is 4.82. The number of hydrogen-bond donors (Lipinski definition) is 1. The van der Waals surface area contributed by atoms with Gasteiger partial charge >= 0.3 is 0 Å². The van der Waals surface area contributed by atoms with Gasteiger partial charge in [0.05, 0.1) is 0 Å². The van der Waals surface area contributed by atoms with Crippen molar-refractivity contribution in [2.45, 2.75) is 0 Å². The number of fused-ring (bicyclic) bond motifs is 1. The highest BCUT2D eigenvalue weighted by Gasteiger charge is 2.06. The standard InChI is InChI=1S/C16H11IO/c17-13-6-3-5-11(8-13)16-10-14(18)9-12-4-1-2-7-15(12)16/h1-10,18H. The minimum atomic E-state index is 0.308. The van der Waals surface area contributed by atoms with Gasteiger partial charge in [-0.2, -0.15) is 0 Å². The van der Waals surface area contributed by atoms with Crippen molar-refractivity contribution in [1.29, 1.82) is 0 Å². The van der Waals surface area contributed by atoms with Gasteiger partial charge in [0, 0.05) is 3.57 Å². The second-order valence-corrected chi connectivity index (χ2v) is 5.47. The van der Waals surface area contributed by atoms with E-state index in [1.807, 2.05) is 30.3 Å². The van der Waals surface area contributed by atoms with E-state index in [-0.39, 0.29) is 0 Å². The van der Waals surface area contributed by atoms with Crippen LogP contribution in [0.4, 0.5) is 0 Å². The summed E-state index contributed by atoms with van der Waals surface area (Å²) in [4.78, 5) is 0. The fraction of sp³-hybridized carbons (Fsp3) is 0. The SMILES string of the molecule is Oc1cc(-c2cccc(I)c2)c2ccccc2c1. The smallest absolute Gasteiger partial charge is 0.116 e. The molecule has 0 radical (unpaired) electrons. The zero-order valence-corrected chi connectivity index (χ0v) is 11.8. The number of halogens is 1. The Morgan fingerprint density at radius 3 is 2.50 bits per heavy atom. The fourth-order valence-electron chi connectivity index (χ4n) is 2.19. The summed E-state index contributed by atoms with van der Waals surface area (Å²) in [5.74, 6) is 0.308. The molecule has 3 rings (SSSR count). The van der Waals surface area contributed by atoms with Gasteiger partial charge in [0.25, 0.3) is 0 Å². The van der Waals surface area contributed by atoms with E-state index in [1.165, 1.54) is 3.57 Å². The average Bonchev–Trinajstić information content (AvgIpc) is 2.37. The van der Waals surface area contributed by atoms with Crippen LogP contribution in [0.5, 0.6) is 5.75 Å². The van der Waals surface area contributed by atoms with Crippen molar-refractivity contribution in [1.82, 2.24) is 0 Å². The molecule has 0 bridgehead atoms. The Kier molecular flexibility index (Phi) is 2.96. The van der Waals surface area contributed by atoms with E-state index in [2.05, 4.69) is 46.9 Å². The maximum absolute atomic E-state index is 9.84. The van der Waals surface area contributed by atoms with Crippen LogP contribution in [0, 0.1) is 3.57 Å². The van der Waals surface area contributed by atoms with Gasteiger partial charge in [-0.05, 0) is 68.8 Å².